The third kappa shape index (κ3) is 7.06. The van der Waals surface area contributed by atoms with Gasteiger partial charge in [-0.3, -0.25) is 4.79 Å². The standard InChI is InChI=1S/C23H31NO3/c1-23(2,3)20-11-13-21(14-12-20)27-17-7-10-22(26)24(15-16-25)18-19-8-5-4-6-9-19/h4-6,8-9,11-14,25H,7,10,15-18H2,1-3H3. The first-order valence-electron chi connectivity index (χ1n) is 9.56. The highest BCUT2D eigenvalue weighted by Gasteiger charge is 2.14. The van der Waals surface area contributed by atoms with Crippen LogP contribution in [-0.2, 0) is 16.8 Å². The Hall–Kier alpha value is -2.33. The average molecular weight is 370 g/mol. The summed E-state index contributed by atoms with van der Waals surface area (Å²) in [5.41, 5.74) is 2.46. The molecule has 2 aromatic carbocycles. The SMILES string of the molecule is CC(C)(C)c1ccc(OCCCC(=O)N(CCO)Cc2ccccc2)cc1. The van der Waals surface area contributed by atoms with Crippen LogP contribution in [0.2, 0.25) is 0 Å². The van der Waals surface area contributed by atoms with E-state index in [1.54, 1.807) is 4.90 Å². The van der Waals surface area contributed by atoms with Gasteiger partial charge in [0.15, 0.2) is 0 Å². The number of aliphatic hydroxyl groups excluding tert-OH is 1. The highest BCUT2D eigenvalue weighted by molar-refractivity contribution is 5.76. The van der Waals surface area contributed by atoms with Crippen LogP contribution >= 0.6 is 0 Å². The van der Waals surface area contributed by atoms with E-state index in [2.05, 4.69) is 32.9 Å². The lowest BCUT2D eigenvalue weighted by atomic mass is 9.87. The molecule has 0 heterocycles. The molecule has 0 unspecified atom stereocenters. The van der Waals surface area contributed by atoms with Gasteiger partial charge in [0.25, 0.3) is 0 Å². The molecule has 2 rings (SSSR count). The summed E-state index contributed by atoms with van der Waals surface area (Å²) in [6.45, 7) is 7.89. The maximum atomic E-state index is 12.5. The first-order chi connectivity index (χ1) is 12.9. The van der Waals surface area contributed by atoms with E-state index in [9.17, 15) is 9.90 Å². The zero-order valence-electron chi connectivity index (χ0n) is 16.6. The monoisotopic (exact) mass is 369 g/mol. The van der Waals surface area contributed by atoms with Gasteiger partial charge in [0, 0.05) is 19.5 Å². The molecule has 1 N–H and O–H groups in total. The largest absolute Gasteiger partial charge is 0.494 e. The van der Waals surface area contributed by atoms with Crippen LogP contribution in [-0.4, -0.2) is 35.7 Å². The smallest absolute Gasteiger partial charge is 0.223 e. The van der Waals surface area contributed by atoms with Crippen LogP contribution in [0.5, 0.6) is 5.75 Å². The minimum Gasteiger partial charge on any atom is -0.494 e. The lowest BCUT2D eigenvalue weighted by Gasteiger charge is -2.22. The topological polar surface area (TPSA) is 49.8 Å². The molecule has 0 fully saturated rings. The molecule has 2 aromatic rings. The molecule has 0 aliphatic rings. The fourth-order valence-electron chi connectivity index (χ4n) is 2.84. The number of hydrogen-bond donors (Lipinski definition) is 1. The number of amides is 1. The van der Waals surface area contributed by atoms with E-state index in [-0.39, 0.29) is 17.9 Å². The number of benzene rings is 2. The Bertz CT molecular complexity index is 690. The molecule has 0 atom stereocenters. The van der Waals surface area contributed by atoms with Gasteiger partial charge in [-0.25, -0.2) is 0 Å². The molecule has 0 saturated heterocycles. The van der Waals surface area contributed by atoms with Crippen molar-refractivity contribution in [1.82, 2.24) is 4.90 Å². The van der Waals surface area contributed by atoms with Crippen LogP contribution in [0.1, 0.15) is 44.7 Å². The number of aliphatic hydroxyl groups is 1. The number of carbonyl (C=O) groups is 1. The molecule has 0 aliphatic carbocycles. The Morgan fingerprint density at radius 2 is 1.70 bits per heavy atom. The Morgan fingerprint density at radius 3 is 2.30 bits per heavy atom. The molecule has 27 heavy (non-hydrogen) atoms. The first kappa shape index (κ1) is 21.0. The second kappa shape index (κ2) is 10.1. The Balaban J connectivity index is 1.78. The molecule has 0 bridgehead atoms. The molecule has 4 nitrogen and oxygen atoms in total. The van der Waals surface area contributed by atoms with E-state index in [4.69, 9.17) is 4.74 Å². The number of carbonyl (C=O) groups excluding carboxylic acids is 1. The van der Waals surface area contributed by atoms with Crippen molar-refractivity contribution in [3.8, 4) is 5.75 Å². The number of hydrogen-bond acceptors (Lipinski definition) is 3. The zero-order chi connectivity index (χ0) is 19.7. The fourth-order valence-corrected chi connectivity index (χ4v) is 2.84. The van der Waals surface area contributed by atoms with Gasteiger partial charge in [0.05, 0.1) is 13.2 Å². The molecule has 146 valence electrons. The second-order valence-corrected chi connectivity index (χ2v) is 7.75. The lowest BCUT2D eigenvalue weighted by molar-refractivity contribution is -0.132. The summed E-state index contributed by atoms with van der Waals surface area (Å²) in [5.74, 6) is 0.867. The van der Waals surface area contributed by atoms with Crippen molar-refractivity contribution in [2.75, 3.05) is 19.8 Å². The normalized spacial score (nSPS) is 11.3. The van der Waals surface area contributed by atoms with Gasteiger partial charge in [0.2, 0.25) is 5.91 Å². The summed E-state index contributed by atoms with van der Waals surface area (Å²) >= 11 is 0. The van der Waals surface area contributed by atoms with Gasteiger partial charge in [0.1, 0.15) is 5.75 Å². The molecule has 1 amide bonds. The quantitative estimate of drug-likeness (QED) is 0.675. The van der Waals surface area contributed by atoms with E-state index >= 15 is 0 Å². The first-order valence-corrected chi connectivity index (χ1v) is 9.56. The fraction of sp³-hybridized carbons (Fsp3) is 0.435. The second-order valence-electron chi connectivity index (χ2n) is 7.75. The van der Waals surface area contributed by atoms with E-state index in [0.29, 0.717) is 32.5 Å². The maximum Gasteiger partial charge on any atom is 0.223 e. The average Bonchev–Trinajstić information content (AvgIpc) is 2.65. The minimum atomic E-state index is -0.0325. The van der Waals surface area contributed by atoms with Crippen LogP contribution in [0.4, 0.5) is 0 Å². The molecule has 0 spiro atoms. The van der Waals surface area contributed by atoms with Crippen molar-refractivity contribution < 1.29 is 14.6 Å². The van der Waals surface area contributed by atoms with E-state index in [0.717, 1.165) is 11.3 Å². The third-order valence-corrected chi connectivity index (χ3v) is 4.46. The summed E-state index contributed by atoms with van der Waals surface area (Å²) in [7, 11) is 0. The van der Waals surface area contributed by atoms with Crippen LogP contribution in [0.15, 0.2) is 54.6 Å². The number of rotatable bonds is 9. The summed E-state index contributed by atoms with van der Waals surface area (Å²) in [6, 6.07) is 18.0. The van der Waals surface area contributed by atoms with E-state index in [1.165, 1.54) is 5.56 Å². The van der Waals surface area contributed by atoms with Gasteiger partial charge in [-0.2, -0.15) is 0 Å². The molecule has 0 saturated carbocycles. The summed E-state index contributed by atoms with van der Waals surface area (Å²) in [6.07, 6.45) is 1.06. The van der Waals surface area contributed by atoms with E-state index in [1.807, 2.05) is 42.5 Å². The van der Waals surface area contributed by atoms with Gasteiger partial charge >= 0.3 is 0 Å². The van der Waals surface area contributed by atoms with E-state index < -0.39 is 0 Å². The van der Waals surface area contributed by atoms with Crippen LogP contribution < -0.4 is 4.74 Å². The van der Waals surface area contributed by atoms with Crippen LogP contribution in [0.25, 0.3) is 0 Å². The lowest BCUT2D eigenvalue weighted by Crippen LogP contribution is -2.33. The van der Waals surface area contributed by atoms with Gasteiger partial charge in [-0.1, -0.05) is 63.2 Å². The molecule has 4 heteroatoms. The summed E-state index contributed by atoms with van der Waals surface area (Å²) in [5, 5.41) is 9.24. The maximum absolute atomic E-state index is 12.5. The third-order valence-electron chi connectivity index (χ3n) is 4.46. The number of nitrogens with zero attached hydrogens (tertiary/aromatic N) is 1. The minimum absolute atomic E-state index is 0.0325. The Kier molecular flexibility index (Phi) is 7.86. The highest BCUT2D eigenvalue weighted by Crippen LogP contribution is 2.24. The summed E-state index contributed by atoms with van der Waals surface area (Å²) in [4.78, 5) is 14.2. The van der Waals surface area contributed by atoms with Gasteiger partial charge in [-0.05, 0) is 35.1 Å². The molecular weight excluding hydrogens is 338 g/mol. The zero-order valence-corrected chi connectivity index (χ0v) is 16.6. The van der Waals surface area contributed by atoms with Crippen LogP contribution in [0, 0.1) is 0 Å². The van der Waals surface area contributed by atoms with Crippen molar-refractivity contribution in [2.45, 2.75) is 45.6 Å². The number of ether oxygens (including phenoxy) is 1. The highest BCUT2D eigenvalue weighted by atomic mass is 16.5. The summed E-state index contributed by atoms with van der Waals surface area (Å²) < 4.78 is 5.76. The van der Waals surface area contributed by atoms with Crippen molar-refractivity contribution >= 4 is 5.91 Å². The van der Waals surface area contributed by atoms with Gasteiger partial charge < -0.3 is 14.7 Å². The van der Waals surface area contributed by atoms with Gasteiger partial charge in [-0.15, -0.1) is 0 Å². The van der Waals surface area contributed by atoms with Crippen LogP contribution in [0.3, 0.4) is 0 Å². The predicted octanol–water partition coefficient (Wildman–Crippen LogP) is 4.16. The van der Waals surface area contributed by atoms with Crippen molar-refractivity contribution in [3.63, 3.8) is 0 Å². The van der Waals surface area contributed by atoms with Crippen molar-refractivity contribution in [2.24, 2.45) is 0 Å². The Morgan fingerprint density at radius 1 is 1.04 bits per heavy atom. The van der Waals surface area contributed by atoms with Crippen molar-refractivity contribution in [3.05, 3.63) is 65.7 Å². The predicted molar refractivity (Wildman–Crippen MR) is 109 cm³/mol. The van der Waals surface area contributed by atoms with Crippen molar-refractivity contribution in [1.29, 1.82) is 0 Å². The molecule has 0 aromatic heterocycles. The molecular formula is C23H31NO3. The Labute approximate surface area is 162 Å². The molecule has 0 aliphatic heterocycles. The molecule has 0 radical (unpaired) electrons.